The van der Waals surface area contributed by atoms with Crippen LogP contribution in [-0.2, 0) is 34.4 Å². The van der Waals surface area contributed by atoms with Crippen LogP contribution in [0, 0.1) is 5.92 Å². The van der Waals surface area contributed by atoms with Crippen LogP contribution in [0.4, 0.5) is 0 Å². The molecule has 0 saturated heterocycles. The fourth-order valence-corrected chi connectivity index (χ4v) is 13.2. The van der Waals surface area contributed by atoms with Gasteiger partial charge in [-0.25, -0.2) is 0 Å². The van der Waals surface area contributed by atoms with Crippen LogP contribution in [0.15, 0.2) is 116 Å². The highest BCUT2D eigenvalue weighted by molar-refractivity contribution is 6.99. The minimum atomic E-state index is -2.59. The Balaban J connectivity index is 1.70. The van der Waals surface area contributed by atoms with Crippen LogP contribution < -0.4 is 10.4 Å². The van der Waals surface area contributed by atoms with Crippen molar-refractivity contribution in [1.82, 2.24) is 0 Å². The maximum absolute atomic E-state index is 7.21. The minimum Gasteiger partial charge on any atom is -0.493 e. The van der Waals surface area contributed by atoms with Gasteiger partial charge >= 0.3 is 0 Å². The van der Waals surface area contributed by atoms with Crippen LogP contribution in [0.1, 0.15) is 99.0 Å². The number of unbranched alkanes of at least 4 members (excludes halogenated alkanes) is 1. The second kappa shape index (κ2) is 23.7. The van der Waals surface area contributed by atoms with Crippen molar-refractivity contribution in [3.8, 4) is 0 Å². The van der Waals surface area contributed by atoms with Gasteiger partial charge in [0, 0.05) is 26.2 Å². The average Bonchev–Trinajstić information content (AvgIpc) is 3.17. The van der Waals surface area contributed by atoms with Crippen LogP contribution in [0.25, 0.3) is 0 Å². The van der Waals surface area contributed by atoms with E-state index in [0.717, 1.165) is 49.8 Å². The number of methoxy groups -OCH3 is 1. The van der Waals surface area contributed by atoms with Crippen LogP contribution >= 0.6 is 0 Å². The Morgan fingerprint density at radius 1 is 0.772 bits per heavy atom. The molecule has 0 unspecified atom stereocenters. The fraction of sp³-hybridized carbons (Fsp3) is 0.551. The van der Waals surface area contributed by atoms with Gasteiger partial charge in [-0.15, -0.1) is 6.58 Å². The highest BCUT2D eigenvalue weighted by atomic mass is 28.4. The van der Waals surface area contributed by atoms with Gasteiger partial charge in [-0.1, -0.05) is 152 Å². The molecule has 0 heterocycles. The molecule has 4 atom stereocenters. The van der Waals surface area contributed by atoms with E-state index in [9.17, 15) is 0 Å². The van der Waals surface area contributed by atoms with E-state index in [-0.39, 0.29) is 41.1 Å². The number of benzene rings is 3. The van der Waals surface area contributed by atoms with Crippen molar-refractivity contribution in [2.75, 3.05) is 27.1 Å². The molecule has 3 rings (SSSR count). The van der Waals surface area contributed by atoms with Crippen LogP contribution in [0.5, 0.6) is 0 Å². The summed E-state index contributed by atoms with van der Waals surface area (Å²) in [6, 6.07) is 32.0. The first-order chi connectivity index (χ1) is 27.0. The molecular weight excluding hydrogens is 741 g/mol. The number of hydrogen-bond acceptors (Lipinski definition) is 6. The Labute approximate surface area is 349 Å². The normalized spacial score (nSPS) is 14.8. The van der Waals surface area contributed by atoms with Gasteiger partial charge < -0.3 is 27.8 Å². The Morgan fingerprint density at radius 2 is 1.35 bits per heavy atom. The van der Waals surface area contributed by atoms with Crippen LogP contribution in [0.3, 0.4) is 0 Å². The van der Waals surface area contributed by atoms with Crippen LogP contribution in [0.2, 0.25) is 23.2 Å². The van der Waals surface area contributed by atoms with E-state index in [1.807, 2.05) is 24.3 Å². The molecule has 0 aliphatic carbocycles. The lowest BCUT2D eigenvalue weighted by Crippen LogP contribution is -2.66. The van der Waals surface area contributed by atoms with E-state index in [1.165, 1.54) is 10.4 Å². The van der Waals surface area contributed by atoms with Gasteiger partial charge in [0.25, 0.3) is 8.32 Å². The topological polar surface area (TPSA) is 55.4 Å². The third-order valence-corrected chi connectivity index (χ3v) is 21.1. The third-order valence-electron chi connectivity index (χ3n) is 11.5. The van der Waals surface area contributed by atoms with Gasteiger partial charge in [-0.2, -0.15) is 0 Å². The lowest BCUT2D eigenvalue weighted by Gasteiger charge is -2.43. The first-order valence-corrected chi connectivity index (χ1v) is 26.0. The molecule has 0 saturated carbocycles. The maximum Gasteiger partial charge on any atom is 0.261 e. The molecular formula is C49H76O6Si2. The van der Waals surface area contributed by atoms with Gasteiger partial charge in [0.15, 0.2) is 8.32 Å². The van der Waals surface area contributed by atoms with Gasteiger partial charge in [0.05, 0.1) is 25.1 Å². The number of rotatable bonds is 27. The Bertz CT molecular complexity index is 1510. The summed E-state index contributed by atoms with van der Waals surface area (Å²) in [5, 5.41) is 2.63. The van der Waals surface area contributed by atoms with Gasteiger partial charge in [-0.3, -0.25) is 0 Å². The standard InChI is InChI=1S/C49H76O6Si2/c1-13-25-40(2)47(38-51-37-42-26-17-14-18-27-42)54-41(3)33-34-44(55-56(11,12)48(4,5)6)36-43(52-39-50-10)28-23-24-35-53-57(49(7,8)9,45-29-19-15-20-30-45)46-31-21-16-22-32-46/h13-22,26-27,29-32,40,43-44,47H,1,3,23-25,28,33-39H2,2,4-12H3/t40-,43+,44+,47+/m1/s1. The summed E-state index contributed by atoms with van der Waals surface area (Å²) in [4.78, 5) is 0. The molecule has 3 aromatic carbocycles. The molecule has 0 fully saturated rings. The zero-order valence-corrected chi connectivity index (χ0v) is 39.2. The molecule has 0 radical (unpaired) electrons. The smallest absolute Gasteiger partial charge is 0.261 e. The summed E-state index contributed by atoms with van der Waals surface area (Å²) in [7, 11) is -3.00. The monoisotopic (exact) mass is 817 g/mol. The Hall–Kier alpha value is -2.83. The molecule has 0 aromatic heterocycles. The molecule has 0 amide bonds. The third kappa shape index (κ3) is 15.4. The minimum absolute atomic E-state index is 0.0140. The predicted octanol–water partition coefficient (Wildman–Crippen LogP) is 11.6. The van der Waals surface area contributed by atoms with Crippen molar-refractivity contribution in [3.05, 3.63) is 122 Å². The first kappa shape index (κ1) is 48.5. The quantitative estimate of drug-likeness (QED) is 0.0251. The summed E-state index contributed by atoms with van der Waals surface area (Å²) in [6.07, 6.45) is 7.69. The summed E-state index contributed by atoms with van der Waals surface area (Å²) >= 11 is 0. The van der Waals surface area contributed by atoms with Crippen LogP contribution in [-0.4, -0.2) is 62.1 Å². The van der Waals surface area contributed by atoms with Crippen molar-refractivity contribution in [2.24, 2.45) is 5.92 Å². The summed E-state index contributed by atoms with van der Waals surface area (Å²) < 4.78 is 38.9. The van der Waals surface area contributed by atoms with Gasteiger partial charge in [0.1, 0.15) is 12.9 Å². The molecule has 0 aliphatic heterocycles. The zero-order valence-electron chi connectivity index (χ0n) is 37.2. The van der Waals surface area contributed by atoms with Crippen molar-refractivity contribution in [1.29, 1.82) is 0 Å². The van der Waals surface area contributed by atoms with E-state index >= 15 is 0 Å². The largest absolute Gasteiger partial charge is 0.493 e. The van der Waals surface area contributed by atoms with E-state index in [2.05, 4.69) is 148 Å². The second-order valence-corrected chi connectivity index (χ2v) is 27.2. The zero-order chi connectivity index (χ0) is 42.0. The van der Waals surface area contributed by atoms with E-state index < -0.39 is 16.6 Å². The highest BCUT2D eigenvalue weighted by Crippen LogP contribution is 2.39. The van der Waals surface area contributed by atoms with Crippen molar-refractivity contribution in [3.63, 3.8) is 0 Å². The molecule has 0 bridgehead atoms. The molecule has 0 N–H and O–H groups in total. The first-order valence-electron chi connectivity index (χ1n) is 21.1. The molecule has 8 heteroatoms. The lowest BCUT2D eigenvalue weighted by atomic mass is 10.0. The van der Waals surface area contributed by atoms with Crippen molar-refractivity contribution < 1.29 is 27.8 Å². The molecule has 57 heavy (non-hydrogen) atoms. The van der Waals surface area contributed by atoms with Crippen molar-refractivity contribution >= 4 is 27.0 Å². The highest BCUT2D eigenvalue weighted by Gasteiger charge is 2.50. The number of hydrogen-bond donors (Lipinski definition) is 0. The van der Waals surface area contributed by atoms with E-state index in [1.54, 1.807) is 7.11 Å². The SMILES string of the molecule is C=CC[C@@H](C)[C@H](COCc1ccccc1)OC(=C)CC[C@@H](C[C@H](CCCCO[Si](c1ccccc1)(c1ccccc1)C(C)(C)C)OCOC)O[Si](C)(C)C(C)(C)C. The summed E-state index contributed by atoms with van der Waals surface area (Å²) in [5.41, 5.74) is 1.15. The average molecular weight is 817 g/mol. The maximum atomic E-state index is 7.21. The van der Waals surface area contributed by atoms with Crippen molar-refractivity contribution in [2.45, 2.75) is 142 Å². The lowest BCUT2D eigenvalue weighted by molar-refractivity contribution is -0.0870. The number of allylic oxidation sites excluding steroid dienone is 2. The number of ether oxygens (including phenoxy) is 4. The Kier molecular flexibility index (Phi) is 20.2. The second-order valence-electron chi connectivity index (χ2n) is 18.2. The molecule has 3 aromatic rings. The van der Waals surface area contributed by atoms with Gasteiger partial charge in [0.2, 0.25) is 0 Å². The van der Waals surface area contributed by atoms with E-state index in [4.69, 9.17) is 27.8 Å². The van der Waals surface area contributed by atoms with E-state index in [0.29, 0.717) is 26.2 Å². The fourth-order valence-electron chi connectivity index (χ4n) is 7.20. The molecule has 316 valence electrons. The van der Waals surface area contributed by atoms with Gasteiger partial charge in [-0.05, 0) is 83.6 Å². The summed E-state index contributed by atoms with van der Waals surface area (Å²) in [5.74, 6) is 1.000. The predicted molar refractivity (Wildman–Crippen MR) is 244 cm³/mol. The molecule has 0 spiro atoms. The molecule has 6 nitrogen and oxygen atoms in total. The summed E-state index contributed by atoms with van der Waals surface area (Å²) in [6.45, 7) is 31.1. The Morgan fingerprint density at radius 3 is 1.88 bits per heavy atom. The molecule has 0 aliphatic rings.